The van der Waals surface area contributed by atoms with E-state index in [2.05, 4.69) is 80.7 Å². The summed E-state index contributed by atoms with van der Waals surface area (Å²) < 4.78 is 10.6. The first-order valence-corrected chi connectivity index (χ1v) is 15.8. The summed E-state index contributed by atoms with van der Waals surface area (Å²) >= 11 is 0. The zero-order valence-corrected chi connectivity index (χ0v) is 22.2. The Hall–Kier alpha value is -2.40. The molecule has 4 rings (SSSR count). The normalized spacial score (nSPS) is 22.9. The Labute approximate surface area is 205 Å². The van der Waals surface area contributed by atoms with E-state index in [-0.39, 0.29) is 17.3 Å². The lowest BCUT2D eigenvalue weighted by molar-refractivity contribution is -0.186. The van der Waals surface area contributed by atoms with Crippen molar-refractivity contribution in [2.24, 2.45) is 22.7 Å². The van der Waals surface area contributed by atoms with Crippen LogP contribution in [0.5, 0.6) is 0 Å². The molecule has 1 spiro atoms. The summed E-state index contributed by atoms with van der Waals surface area (Å²) in [6.45, 7) is 7.20. The van der Waals surface area contributed by atoms with Gasteiger partial charge in [0.25, 0.3) is 0 Å². The second-order valence-corrected chi connectivity index (χ2v) is 16.1. The van der Waals surface area contributed by atoms with Gasteiger partial charge in [0.1, 0.15) is 0 Å². The quantitative estimate of drug-likeness (QED) is 0.269. The molecule has 0 amide bonds. The van der Waals surface area contributed by atoms with Gasteiger partial charge in [0.15, 0.2) is 5.41 Å². The summed E-state index contributed by atoms with van der Waals surface area (Å²) in [7, 11) is 0.870. The van der Waals surface area contributed by atoms with Gasteiger partial charge in [-0.1, -0.05) is 93.1 Å². The van der Waals surface area contributed by atoms with Crippen LogP contribution in [-0.4, -0.2) is 34.2 Å². The second-order valence-electron chi connectivity index (χ2n) is 11.1. The molecule has 2 aliphatic carbocycles. The lowest BCUT2D eigenvalue weighted by Gasteiger charge is -2.51. The Morgan fingerprint density at radius 2 is 1.38 bits per heavy atom. The molecule has 182 valence electrons. The van der Waals surface area contributed by atoms with Crippen LogP contribution in [0, 0.1) is 22.7 Å². The summed E-state index contributed by atoms with van der Waals surface area (Å²) in [6.07, 6.45) is 3.35. The van der Waals surface area contributed by atoms with Crippen LogP contribution < -0.4 is 0 Å². The van der Waals surface area contributed by atoms with Crippen LogP contribution in [0.1, 0.15) is 49.3 Å². The molecule has 0 aromatic heterocycles. The summed E-state index contributed by atoms with van der Waals surface area (Å²) in [4.78, 5) is 26.5. The first-order valence-electron chi connectivity index (χ1n) is 12.5. The Balaban J connectivity index is 1.73. The number of hydrogen-bond donors (Lipinski definition) is 0. The van der Waals surface area contributed by atoms with Crippen LogP contribution in [0.4, 0.5) is 0 Å². The lowest BCUT2D eigenvalue weighted by Crippen LogP contribution is -2.56. The van der Waals surface area contributed by atoms with Crippen LogP contribution in [0.3, 0.4) is 0 Å². The van der Waals surface area contributed by atoms with E-state index in [4.69, 9.17) is 9.47 Å². The number of hydrogen-bond acceptors (Lipinski definition) is 4. The van der Waals surface area contributed by atoms with Crippen molar-refractivity contribution in [3.8, 4) is 0 Å². The molecule has 0 radical (unpaired) electrons. The van der Waals surface area contributed by atoms with Gasteiger partial charge in [0.05, 0.1) is 22.3 Å². The first-order chi connectivity index (χ1) is 16.2. The van der Waals surface area contributed by atoms with E-state index in [1.165, 1.54) is 25.3 Å². The highest BCUT2D eigenvalue weighted by molar-refractivity contribution is 6.79. The van der Waals surface area contributed by atoms with Crippen molar-refractivity contribution in [2.45, 2.75) is 57.3 Å². The molecule has 0 saturated heterocycles. The molecule has 0 heterocycles. The molecule has 4 nitrogen and oxygen atoms in total. The van der Waals surface area contributed by atoms with E-state index in [1.807, 2.05) is 0 Å². The third-order valence-electron chi connectivity index (χ3n) is 9.15. The molecule has 2 aromatic rings. The molecule has 2 fully saturated rings. The summed E-state index contributed by atoms with van der Waals surface area (Å²) in [5.41, 5.74) is 1.50. The molecule has 2 atom stereocenters. The molecule has 2 aliphatic rings. The minimum absolute atomic E-state index is 0.262. The molecule has 5 heteroatoms. The number of carbonyl (C=O) groups is 2. The number of esters is 2. The molecule has 0 bridgehead atoms. The number of benzene rings is 2. The molecule has 0 unspecified atom stereocenters. The maximum atomic E-state index is 13.3. The van der Waals surface area contributed by atoms with Gasteiger partial charge < -0.3 is 9.47 Å². The fourth-order valence-electron chi connectivity index (χ4n) is 7.49. The van der Waals surface area contributed by atoms with Crippen molar-refractivity contribution in [1.29, 1.82) is 0 Å². The molecule has 0 N–H and O–H groups in total. The number of methoxy groups -OCH3 is 2. The largest absolute Gasteiger partial charge is 0.468 e. The number of ether oxygens (including phenoxy) is 2. The second kappa shape index (κ2) is 9.33. The average molecular weight is 479 g/mol. The average Bonchev–Trinajstić information content (AvgIpc) is 3.08. The highest BCUT2D eigenvalue weighted by Crippen LogP contribution is 2.70. The van der Waals surface area contributed by atoms with Gasteiger partial charge in [-0.2, -0.15) is 0 Å². The summed E-state index contributed by atoms with van der Waals surface area (Å²) in [6, 6.07) is 22.6. The fourth-order valence-corrected chi connectivity index (χ4v) is 11.8. The highest BCUT2D eigenvalue weighted by atomic mass is 28.3. The lowest BCUT2D eigenvalue weighted by atomic mass is 9.51. The maximum absolute atomic E-state index is 13.3. The number of rotatable bonds is 7. The Morgan fingerprint density at radius 1 is 0.912 bits per heavy atom. The third kappa shape index (κ3) is 3.73. The van der Waals surface area contributed by atoms with Gasteiger partial charge >= 0.3 is 11.9 Å². The predicted molar refractivity (Wildman–Crippen MR) is 137 cm³/mol. The predicted octanol–water partition coefficient (Wildman–Crippen LogP) is 6.22. The van der Waals surface area contributed by atoms with E-state index in [0.717, 1.165) is 25.3 Å². The monoisotopic (exact) mass is 478 g/mol. The Kier molecular flexibility index (Phi) is 6.78. The van der Waals surface area contributed by atoms with Crippen LogP contribution in [0.2, 0.25) is 19.1 Å². The topological polar surface area (TPSA) is 52.6 Å². The van der Waals surface area contributed by atoms with Gasteiger partial charge in [0.2, 0.25) is 0 Å². The maximum Gasteiger partial charge on any atom is 0.323 e. The smallest absolute Gasteiger partial charge is 0.323 e. The van der Waals surface area contributed by atoms with Gasteiger partial charge in [-0.3, -0.25) is 9.59 Å². The minimum Gasteiger partial charge on any atom is -0.468 e. The van der Waals surface area contributed by atoms with Gasteiger partial charge in [-0.05, 0) is 42.2 Å². The Morgan fingerprint density at radius 3 is 1.76 bits per heavy atom. The van der Waals surface area contributed by atoms with Gasteiger partial charge in [-0.25, -0.2) is 0 Å². The van der Waals surface area contributed by atoms with E-state index in [9.17, 15) is 9.59 Å². The van der Waals surface area contributed by atoms with Crippen molar-refractivity contribution in [3.05, 3.63) is 71.8 Å². The molecular formula is C29H38O4Si. The third-order valence-corrected chi connectivity index (χ3v) is 13.0. The van der Waals surface area contributed by atoms with E-state index in [1.54, 1.807) is 0 Å². The Bertz CT molecular complexity index is 957. The summed E-state index contributed by atoms with van der Waals surface area (Å²) in [5, 5.41) is 0. The fraction of sp³-hybridized carbons (Fsp3) is 0.517. The van der Waals surface area contributed by atoms with Crippen LogP contribution in [0.25, 0.3) is 0 Å². The highest BCUT2D eigenvalue weighted by Gasteiger charge is 2.73. The van der Waals surface area contributed by atoms with E-state index >= 15 is 0 Å². The van der Waals surface area contributed by atoms with Crippen LogP contribution in [0.15, 0.2) is 60.7 Å². The van der Waals surface area contributed by atoms with Crippen LogP contribution in [-0.2, 0) is 19.1 Å². The van der Waals surface area contributed by atoms with Crippen molar-refractivity contribution in [1.82, 2.24) is 0 Å². The van der Waals surface area contributed by atoms with E-state index in [0.29, 0.717) is 12.0 Å². The molecule has 2 saturated carbocycles. The zero-order chi connectivity index (χ0) is 24.6. The number of carbonyl (C=O) groups excluding carboxylic acids is 2. The zero-order valence-electron chi connectivity index (χ0n) is 21.2. The van der Waals surface area contributed by atoms with Gasteiger partial charge in [-0.15, -0.1) is 0 Å². The van der Waals surface area contributed by atoms with E-state index < -0.39 is 25.4 Å². The van der Waals surface area contributed by atoms with Crippen LogP contribution >= 0.6 is 0 Å². The molecular weight excluding hydrogens is 440 g/mol. The molecule has 34 heavy (non-hydrogen) atoms. The van der Waals surface area contributed by atoms with Crippen molar-refractivity contribution in [2.75, 3.05) is 14.2 Å². The van der Waals surface area contributed by atoms with Crippen molar-refractivity contribution < 1.29 is 19.1 Å². The first kappa shape index (κ1) is 24.7. The minimum atomic E-state index is -1.93. The SMILES string of the molecule is COC(=O)C1(C(=O)OC)C[C@H](C[Si](C)(C)C(c2ccccc2)c2ccccc2)[C@@H](C)C12CCC2. The van der Waals surface area contributed by atoms with Gasteiger partial charge in [0, 0.05) is 11.0 Å². The standard InChI is InChI=1S/C29H38O4Si/c1-21-24(19-29(26(30)32-2,27(31)33-3)28(21)17-12-18-28)20-34(4,5)25(22-13-8-6-9-14-22)23-15-10-7-11-16-23/h6-11,13-16,21,24-25H,12,17-20H2,1-5H3/t21-,24-/m1/s1. The van der Waals surface area contributed by atoms with Crippen molar-refractivity contribution in [3.63, 3.8) is 0 Å². The summed E-state index contributed by atoms with van der Waals surface area (Å²) in [5.74, 6) is -0.278. The van der Waals surface area contributed by atoms with Crippen molar-refractivity contribution >= 4 is 20.0 Å². The molecule has 2 aromatic carbocycles. The molecule has 0 aliphatic heterocycles.